The zero-order chi connectivity index (χ0) is 19.8. The van der Waals surface area contributed by atoms with E-state index in [1.54, 1.807) is 13.2 Å². The van der Waals surface area contributed by atoms with Crippen molar-refractivity contribution < 1.29 is 9.47 Å². The zero-order valence-electron chi connectivity index (χ0n) is 16.9. The first-order valence-electron chi connectivity index (χ1n) is 10.5. The number of nitrogens with zero attached hydrogens (tertiary/aromatic N) is 3. The first-order chi connectivity index (χ1) is 14.2. The molecule has 1 aromatic carbocycles. The van der Waals surface area contributed by atoms with E-state index in [2.05, 4.69) is 26.9 Å². The van der Waals surface area contributed by atoms with Crippen LogP contribution in [0.5, 0.6) is 5.75 Å². The van der Waals surface area contributed by atoms with Gasteiger partial charge in [-0.3, -0.25) is 9.78 Å². The Morgan fingerprint density at radius 2 is 2.07 bits per heavy atom. The van der Waals surface area contributed by atoms with Crippen molar-refractivity contribution in [3.8, 4) is 5.75 Å². The molecule has 29 heavy (non-hydrogen) atoms. The lowest BCUT2D eigenvalue weighted by atomic mass is 9.98. The second-order valence-electron chi connectivity index (χ2n) is 8.53. The van der Waals surface area contributed by atoms with Gasteiger partial charge < -0.3 is 19.3 Å². The molecule has 2 aromatic rings. The number of H-pyrrole nitrogens is 1. The Morgan fingerprint density at radius 3 is 2.83 bits per heavy atom. The van der Waals surface area contributed by atoms with E-state index in [1.807, 2.05) is 12.1 Å². The molecule has 0 bridgehead atoms. The topological polar surface area (TPSA) is 70.7 Å². The predicted octanol–water partition coefficient (Wildman–Crippen LogP) is 2.22. The highest BCUT2D eigenvalue weighted by atomic mass is 16.5. The largest absolute Gasteiger partial charge is 0.496 e. The molecule has 1 aromatic heterocycles. The van der Waals surface area contributed by atoms with E-state index in [4.69, 9.17) is 14.5 Å². The summed E-state index contributed by atoms with van der Waals surface area (Å²) in [7, 11) is 1.72. The van der Waals surface area contributed by atoms with Crippen molar-refractivity contribution in [1.82, 2.24) is 9.97 Å². The number of methoxy groups -OCH3 is 1. The molecule has 5 rings (SSSR count). The van der Waals surface area contributed by atoms with Crippen LogP contribution >= 0.6 is 0 Å². The third kappa shape index (κ3) is 3.71. The van der Waals surface area contributed by atoms with Crippen LogP contribution in [0.4, 0.5) is 11.8 Å². The van der Waals surface area contributed by atoms with E-state index in [1.165, 1.54) is 18.4 Å². The number of hydrogen-bond acceptors (Lipinski definition) is 6. The van der Waals surface area contributed by atoms with Gasteiger partial charge in [0.15, 0.2) is 0 Å². The lowest BCUT2D eigenvalue weighted by Gasteiger charge is -2.30. The van der Waals surface area contributed by atoms with Crippen LogP contribution in [0.3, 0.4) is 0 Å². The van der Waals surface area contributed by atoms with Gasteiger partial charge in [0.25, 0.3) is 5.56 Å². The minimum atomic E-state index is -0.0933. The molecule has 0 radical (unpaired) electrons. The molecule has 1 N–H and O–H groups in total. The van der Waals surface area contributed by atoms with Crippen molar-refractivity contribution in [2.75, 3.05) is 49.8 Å². The van der Waals surface area contributed by atoms with Crippen LogP contribution < -0.4 is 20.1 Å². The molecule has 7 nitrogen and oxygen atoms in total. The minimum Gasteiger partial charge on any atom is -0.496 e. The molecule has 3 aliphatic rings. The Morgan fingerprint density at radius 1 is 1.28 bits per heavy atom. The van der Waals surface area contributed by atoms with Gasteiger partial charge in [0.1, 0.15) is 11.6 Å². The van der Waals surface area contributed by atoms with Gasteiger partial charge in [-0.15, -0.1) is 0 Å². The van der Waals surface area contributed by atoms with Crippen molar-refractivity contribution in [3.63, 3.8) is 0 Å². The highest BCUT2D eigenvalue weighted by Gasteiger charge is 2.52. The summed E-state index contributed by atoms with van der Waals surface area (Å²) in [4.78, 5) is 24.8. The molecule has 1 spiro atoms. The van der Waals surface area contributed by atoms with Crippen LogP contribution in [0.25, 0.3) is 0 Å². The summed E-state index contributed by atoms with van der Waals surface area (Å²) in [6.45, 7) is 3.84. The number of hydrogen-bond donors (Lipinski definition) is 1. The van der Waals surface area contributed by atoms with Crippen molar-refractivity contribution in [2.24, 2.45) is 5.41 Å². The van der Waals surface area contributed by atoms with Crippen LogP contribution in [0.2, 0.25) is 0 Å². The van der Waals surface area contributed by atoms with E-state index in [0.717, 1.165) is 44.0 Å². The number of benzene rings is 1. The molecule has 3 fully saturated rings. The normalized spacial score (nSPS) is 22.9. The predicted molar refractivity (Wildman–Crippen MR) is 112 cm³/mol. The Bertz CT molecular complexity index is 934. The highest BCUT2D eigenvalue weighted by molar-refractivity contribution is 5.47. The standard InChI is InChI=1S/C22H28N4O3/c1-28-18-5-3-2-4-16(18)12-17-14-22(6-7-22)15-26(17)21-23-19(13-20(27)24-21)25-8-10-29-11-9-25/h2-5,13,17H,6-12,14-15H2,1H3,(H,23,24,27)/t17-/m0/s1. The number of para-hydroxylation sites is 1. The van der Waals surface area contributed by atoms with Crippen LogP contribution in [0.15, 0.2) is 35.1 Å². The lowest BCUT2D eigenvalue weighted by molar-refractivity contribution is 0.122. The van der Waals surface area contributed by atoms with Gasteiger partial charge in [-0.2, -0.15) is 4.98 Å². The Kier molecular flexibility index (Phi) is 4.70. The maximum Gasteiger partial charge on any atom is 0.254 e. The summed E-state index contributed by atoms with van der Waals surface area (Å²) in [5.74, 6) is 2.37. The highest BCUT2D eigenvalue weighted by Crippen LogP contribution is 2.55. The number of ether oxygens (including phenoxy) is 2. The van der Waals surface area contributed by atoms with Gasteiger partial charge in [0.05, 0.1) is 20.3 Å². The van der Waals surface area contributed by atoms with E-state index >= 15 is 0 Å². The van der Waals surface area contributed by atoms with E-state index in [-0.39, 0.29) is 5.56 Å². The van der Waals surface area contributed by atoms with Gasteiger partial charge in [-0.05, 0) is 42.7 Å². The Labute approximate surface area is 170 Å². The lowest BCUT2D eigenvalue weighted by Crippen LogP contribution is -2.39. The van der Waals surface area contributed by atoms with Crippen LogP contribution in [0.1, 0.15) is 24.8 Å². The van der Waals surface area contributed by atoms with Crippen LogP contribution in [-0.2, 0) is 11.2 Å². The number of nitrogens with one attached hydrogen (secondary N) is 1. The fourth-order valence-corrected chi connectivity index (χ4v) is 4.78. The molecule has 1 atom stereocenters. The second-order valence-corrected chi connectivity index (χ2v) is 8.53. The molecule has 0 amide bonds. The van der Waals surface area contributed by atoms with Gasteiger partial charge in [-0.25, -0.2) is 0 Å². The van der Waals surface area contributed by atoms with Crippen molar-refractivity contribution >= 4 is 11.8 Å². The van der Waals surface area contributed by atoms with Gasteiger partial charge >= 0.3 is 0 Å². The third-order valence-electron chi connectivity index (χ3n) is 6.54. The molecular weight excluding hydrogens is 368 g/mol. The first-order valence-corrected chi connectivity index (χ1v) is 10.5. The molecule has 7 heteroatoms. The second kappa shape index (κ2) is 7.37. The summed E-state index contributed by atoms with van der Waals surface area (Å²) in [6.07, 6.45) is 4.55. The van der Waals surface area contributed by atoms with Crippen molar-refractivity contribution in [3.05, 3.63) is 46.2 Å². The summed E-state index contributed by atoms with van der Waals surface area (Å²) in [5, 5.41) is 0. The molecule has 0 unspecified atom stereocenters. The van der Waals surface area contributed by atoms with E-state index in [0.29, 0.717) is 30.6 Å². The fraction of sp³-hybridized carbons (Fsp3) is 0.545. The molecule has 154 valence electrons. The molecule has 1 aliphatic carbocycles. The molecule has 3 heterocycles. The smallest absolute Gasteiger partial charge is 0.254 e. The Balaban J connectivity index is 1.45. The summed E-state index contributed by atoms with van der Waals surface area (Å²) < 4.78 is 11.0. The van der Waals surface area contributed by atoms with E-state index in [9.17, 15) is 4.79 Å². The Hall–Kier alpha value is -2.54. The maximum absolute atomic E-state index is 12.5. The number of morpholine rings is 1. The zero-order valence-corrected chi connectivity index (χ0v) is 16.9. The molecule has 2 aliphatic heterocycles. The maximum atomic E-state index is 12.5. The number of rotatable bonds is 5. The number of aromatic amines is 1. The fourth-order valence-electron chi connectivity index (χ4n) is 4.78. The van der Waals surface area contributed by atoms with E-state index < -0.39 is 0 Å². The number of aromatic nitrogens is 2. The minimum absolute atomic E-state index is 0.0933. The summed E-state index contributed by atoms with van der Waals surface area (Å²) in [5.41, 5.74) is 1.50. The quantitative estimate of drug-likeness (QED) is 0.836. The van der Waals surface area contributed by atoms with Crippen molar-refractivity contribution in [1.29, 1.82) is 0 Å². The summed E-state index contributed by atoms with van der Waals surface area (Å²) in [6, 6.07) is 10.1. The average molecular weight is 396 g/mol. The number of anilines is 2. The monoisotopic (exact) mass is 396 g/mol. The summed E-state index contributed by atoms with van der Waals surface area (Å²) >= 11 is 0. The van der Waals surface area contributed by atoms with Crippen molar-refractivity contribution in [2.45, 2.75) is 31.7 Å². The average Bonchev–Trinajstić information content (AvgIpc) is 3.41. The molecular formula is C22H28N4O3. The van der Waals surface area contributed by atoms with Crippen LogP contribution in [-0.4, -0.2) is 56.0 Å². The molecule has 1 saturated carbocycles. The first kappa shape index (κ1) is 18.5. The third-order valence-corrected chi connectivity index (χ3v) is 6.54. The SMILES string of the molecule is COc1ccccc1C[C@H]1CC2(CC2)CN1c1nc(N2CCOCC2)cc(=O)[nH]1. The van der Waals surface area contributed by atoms with Crippen LogP contribution in [0, 0.1) is 5.41 Å². The van der Waals surface area contributed by atoms with Gasteiger partial charge in [-0.1, -0.05) is 18.2 Å². The van der Waals surface area contributed by atoms with Gasteiger partial charge in [0, 0.05) is 31.7 Å². The molecule has 2 saturated heterocycles. The van der Waals surface area contributed by atoms with Gasteiger partial charge in [0.2, 0.25) is 5.95 Å².